The first-order valence-electron chi connectivity index (χ1n) is 6.18. The highest BCUT2D eigenvalue weighted by Crippen LogP contribution is 2.02. The summed E-state index contributed by atoms with van der Waals surface area (Å²) in [5.41, 5.74) is 6.89. The standard InChI is InChI=1S/C14H19N3O/c15-9-5-2-6-10-17-14(18)13(16)11-12-7-3-1-4-8-12/h1,3-4,7-8,13H,2,5-6,10-11,16H2,(H,17,18). The minimum atomic E-state index is -0.511. The van der Waals surface area contributed by atoms with Crippen LogP contribution in [0.4, 0.5) is 0 Å². The maximum atomic E-state index is 11.7. The molecule has 0 aromatic heterocycles. The lowest BCUT2D eigenvalue weighted by molar-refractivity contribution is -0.122. The number of nitrogens with zero attached hydrogens (tertiary/aromatic N) is 1. The molecule has 1 amide bonds. The summed E-state index contributed by atoms with van der Waals surface area (Å²) < 4.78 is 0. The van der Waals surface area contributed by atoms with Crippen molar-refractivity contribution in [1.82, 2.24) is 5.32 Å². The zero-order valence-electron chi connectivity index (χ0n) is 10.4. The van der Waals surface area contributed by atoms with E-state index in [1.807, 2.05) is 30.3 Å². The van der Waals surface area contributed by atoms with Crippen molar-refractivity contribution >= 4 is 5.91 Å². The van der Waals surface area contributed by atoms with Gasteiger partial charge in [-0.05, 0) is 24.8 Å². The molecule has 1 unspecified atom stereocenters. The van der Waals surface area contributed by atoms with Crippen molar-refractivity contribution in [3.05, 3.63) is 35.9 Å². The molecule has 4 heteroatoms. The van der Waals surface area contributed by atoms with Crippen molar-refractivity contribution in [2.24, 2.45) is 5.73 Å². The molecule has 1 aromatic rings. The summed E-state index contributed by atoms with van der Waals surface area (Å²) in [7, 11) is 0. The zero-order chi connectivity index (χ0) is 13.2. The Bertz CT molecular complexity index is 397. The molecule has 0 aliphatic carbocycles. The fourth-order valence-electron chi connectivity index (χ4n) is 1.63. The molecule has 1 aromatic carbocycles. The zero-order valence-corrected chi connectivity index (χ0v) is 10.4. The molecule has 0 saturated carbocycles. The van der Waals surface area contributed by atoms with Crippen LogP contribution < -0.4 is 11.1 Å². The molecule has 0 spiro atoms. The number of nitrogens with one attached hydrogen (secondary N) is 1. The second kappa shape index (κ2) is 8.26. The molecule has 0 aliphatic heterocycles. The minimum Gasteiger partial charge on any atom is -0.355 e. The average Bonchev–Trinajstić information content (AvgIpc) is 2.39. The van der Waals surface area contributed by atoms with Crippen LogP contribution in [0.1, 0.15) is 24.8 Å². The van der Waals surface area contributed by atoms with Crippen LogP contribution in [0.2, 0.25) is 0 Å². The summed E-state index contributed by atoms with van der Waals surface area (Å²) in [5.74, 6) is -0.129. The van der Waals surface area contributed by atoms with Gasteiger partial charge in [-0.15, -0.1) is 0 Å². The molecule has 0 bridgehead atoms. The summed E-state index contributed by atoms with van der Waals surface area (Å²) in [4.78, 5) is 11.7. The molecular formula is C14H19N3O. The van der Waals surface area contributed by atoms with E-state index in [-0.39, 0.29) is 5.91 Å². The van der Waals surface area contributed by atoms with Crippen molar-refractivity contribution in [3.8, 4) is 6.07 Å². The number of carbonyl (C=O) groups excluding carboxylic acids is 1. The van der Waals surface area contributed by atoms with Crippen LogP contribution in [-0.2, 0) is 11.2 Å². The van der Waals surface area contributed by atoms with Gasteiger partial charge in [0.05, 0.1) is 12.1 Å². The van der Waals surface area contributed by atoms with Crippen molar-refractivity contribution in [2.45, 2.75) is 31.7 Å². The van der Waals surface area contributed by atoms with E-state index in [0.29, 0.717) is 19.4 Å². The van der Waals surface area contributed by atoms with E-state index >= 15 is 0 Å². The van der Waals surface area contributed by atoms with Crippen LogP contribution in [-0.4, -0.2) is 18.5 Å². The third kappa shape index (κ3) is 5.46. The van der Waals surface area contributed by atoms with Gasteiger partial charge in [0.1, 0.15) is 0 Å². The van der Waals surface area contributed by atoms with Crippen LogP contribution in [0, 0.1) is 11.3 Å². The summed E-state index contributed by atoms with van der Waals surface area (Å²) in [6.45, 7) is 0.586. The lowest BCUT2D eigenvalue weighted by Gasteiger charge is -2.12. The number of rotatable bonds is 7. The molecule has 0 saturated heterocycles. The van der Waals surface area contributed by atoms with Gasteiger partial charge in [-0.3, -0.25) is 4.79 Å². The third-order valence-corrected chi connectivity index (χ3v) is 2.65. The lowest BCUT2D eigenvalue weighted by atomic mass is 10.1. The summed E-state index contributed by atoms with van der Waals surface area (Å²) in [5, 5.41) is 11.2. The van der Waals surface area contributed by atoms with Gasteiger partial charge in [0.15, 0.2) is 0 Å². The van der Waals surface area contributed by atoms with Crippen molar-refractivity contribution in [2.75, 3.05) is 6.54 Å². The monoisotopic (exact) mass is 245 g/mol. The largest absolute Gasteiger partial charge is 0.355 e. The Morgan fingerprint density at radius 3 is 2.72 bits per heavy atom. The molecule has 0 heterocycles. The molecule has 0 fully saturated rings. The Morgan fingerprint density at radius 2 is 2.06 bits per heavy atom. The molecule has 1 atom stereocenters. The maximum absolute atomic E-state index is 11.7. The van der Waals surface area contributed by atoms with Gasteiger partial charge >= 0.3 is 0 Å². The summed E-state index contributed by atoms with van der Waals surface area (Å²) in [6.07, 6.45) is 2.71. The normalized spacial score (nSPS) is 11.6. The van der Waals surface area contributed by atoms with Crippen LogP contribution >= 0.6 is 0 Å². The van der Waals surface area contributed by atoms with Gasteiger partial charge in [-0.25, -0.2) is 0 Å². The van der Waals surface area contributed by atoms with Crippen LogP contribution in [0.3, 0.4) is 0 Å². The SMILES string of the molecule is N#CCCCCNC(=O)C(N)Cc1ccccc1. The van der Waals surface area contributed by atoms with Crippen molar-refractivity contribution in [1.29, 1.82) is 5.26 Å². The Labute approximate surface area is 108 Å². The number of unbranched alkanes of at least 4 members (excludes halogenated alkanes) is 2. The Hall–Kier alpha value is -1.86. The van der Waals surface area contributed by atoms with Crippen LogP contribution in [0.25, 0.3) is 0 Å². The second-order valence-electron chi connectivity index (χ2n) is 4.20. The lowest BCUT2D eigenvalue weighted by Crippen LogP contribution is -2.42. The fraction of sp³-hybridized carbons (Fsp3) is 0.429. The Kier molecular flexibility index (Phi) is 6.52. The number of nitrogens with two attached hydrogens (primary N) is 1. The minimum absolute atomic E-state index is 0.129. The van der Waals surface area contributed by atoms with Crippen molar-refractivity contribution < 1.29 is 4.79 Å². The summed E-state index contributed by atoms with van der Waals surface area (Å²) in [6, 6.07) is 11.3. The van der Waals surface area contributed by atoms with Crippen LogP contribution in [0.15, 0.2) is 30.3 Å². The van der Waals surface area contributed by atoms with E-state index in [0.717, 1.165) is 18.4 Å². The highest BCUT2D eigenvalue weighted by Gasteiger charge is 2.12. The molecule has 18 heavy (non-hydrogen) atoms. The van der Waals surface area contributed by atoms with Gasteiger partial charge in [0.2, 0.25) is 5.91 Å². The highest BCUT2D eigenvalue weighted by molar-refractivity contribution is 5.81. The first-order valence-corrected chi connectivity index (χ1v) is 6.18. The number of hydrogen-bond donors (Lipinski definition) is 2. The third-order valence-electron chi connectivity index (χ3n) is 2.65. The number of nitriles is 1. The second-order valence-corrected chi connectivity index (χ2v) is 4.20. The van der Waals surface area contributed by atoms with Gasteiger partial charge < -0.3 is 11.1 Å². The molecule has 1 rings (SSSR count). The fourth-order valence-corrected chi connectivity index (χ4v) is 1.63. The first-order chi connectivity index (χ1) is 8.74. The summed E-state index contributed by atoms with van der Waals surface area (Å²) >= 11 is 0. The number of benzene rings is 1. The van der Waals surface area contributed by atoms with E-state index in [1.54, 1.807) is 0 Å². The topological polar surface area (TPSA) is 78.9 Å². The van der Waals surface area contributed by atoms with Gasteiger partial charge in [-0.2, -0.15) is 5.26 Å². The van der Waals surface area contributed by atoms with Gasteiger partial charge in [-0.1, -0.05) is 30.3 Å². The predicted octanol–water partition coefficient (Wildman–Crippen LogP) is 1.37. The highest BCUT2D eigenvalue weighted by atomic mass is 16.2. The predicted molar refractivity (Wildman–Crippen MR) is 70.6 cm³/mol. The smallest absolute Gasteiger partial charge is 0.237 e. The Morgan fingerprint density at radius 1 is 1.33 bits per heavy atom. The van der Waals surface area contributed by atoms with E-state index in [9.17, 15) is 4.79 Å². The molecule has 4 nitrogen and oxygen atoms in total. The van der Waals surface area contributed by atoms with E-state index in [1.165, 1.54) is 0 Å². The van der Waals surface area contributed by atoms with Crippen molar-refractivity contribution in [3.63, 3.8) is 0 Å². The quantitative estimate of drug-likeness (QED) is 0.712. The van der Waals surface area contributed by atoms with E-state index in [4.69, 9.17) is 11.0 Å². The van der Waals surface area contributed by atoms with E-state index < -0.39 is 6.04 Å². The number of amides is 1. The molecule has 96 valence electrons. The van der Waals surface area contributed by atoms with Crippen LogP contribution in [0.5, 0.6) is 0 Å². The molecule has 0 aliphatic rings. The maximum Gasteiger partial charge on any atom is 0.237 e. The molecule has 3 N–H and O–H groups in total. The Balaban J connectivity index is 2.23. The number of carbonyl (C=O) groups is 1. The first kappa shape index (κ1) is 14.2. The van der Waals surface area contributed by atoms with Gasteiger partial charge in [0.25, 0.3) is 0 Å². The number of hydrogen-bond acceptors (Lipinski definition) is 3. The van der Waals surface area contributed by atoms with E-state index in [2.05, 4.69) is 11.4 Å². The molecular weight excluding hydrogens is 226 g/mol. The molecule has 0 radical (unpaired) electrons. The van der Waals surface area contributed by atoms with Gasteiger partial charge in [0, 0.05) is 13.0 Å². The average molecular weight is 245 g/mol.